The third-order valence-corrected chi connectivity index (χ3v) is 4.56. The number of fused-ring (bicyclic) bond motifs is 2. The van der Waals surface area contributed by atoms with Gasteiger partial charge in [-0.3, -0.25) is 4.79 Å². The molecule has 0 unspecified atom stereocenters. The van der Waals surface area contributed by atoms with E-state index in [4.69, 9.17) is 4.74 Å². The van der Waals surface area contributed by atoms with Crippen LogP contribution in [0.25, 0.3) is 0 Å². The zero-order valence-electron chi connectivity index (χ0n) is 16.1. The second kappa shape index (κ2) is 7.67. The summed E-state index contributed by atoms with van der Waals surface area (Å²) in [5.41, 5.74) is 1.40. The predicted molar refractivity (Wildman–Crippen MR) is 110 cm³/mol. The van der Waals surface area contributed by atoms with E-state index in [-0.39, 0.29) is 11.3 Å². The molecule has 3 aromatic rings. The Morgan fingerprint density at radius 2 is 1.55 bits per heavy atom. The Labute approximate surface area is 175 Å². The van der Waals surface area contributed by atoms with Gasteiger partial charge in [-0.15, -0.1) is 0 Å². The summed E-state index contributed by atoms with van der Waals surface area (Å²) in [6, 6.07) is 13.3. The monoisotopic (exact) mass is 427 g/mol. The molecule has 0 saturated heterocycles. The number of benzene rings is 3. The molecule has 0 aromatic heterocycles. The van der Waals surface area contributed by atoms with Crippen LogP contribution in [-0.4, -0.2) is 11.9 Å². The van der Waals surface area contributed by atoms with Crippen LogP contribution < -0.4 is 20.7 Å². The van der Waals surface area contributed by atoms with Crippen LogP contribution in [0.3, 0.4) is 0 Å². The van der Waals surface area contributed by atoms with Crippen LogP contribution >= 0.6 is 0 Å². The zero-order chi connectivity index (χ0) is 22.2. The molecule has 0 atom stereocenters. The van der Waals surface area contributed by atoms with Crippen molar-refractivity contribution in [2.45, 2.75) is 13.1 Å². The molecule has 0 spiro atoms. The molecule has 158 valence electrons. The van der Waals surface area contributed by atoms with E-state index < -0.39 is 23.7 Å². The number of hydrogen-bond acceptors (Lipinski definition) is 3. The smallest absolute Gasteiger partial charge is 0.416 e. The number of urea groups is 1. The highest BCUT2D eigenvalue weighted by molar-refractivity contribution is 6.09. The number of ether oxygens (including phenoxy) is 1. The van der Waals surface area contributed by atoms with Crippen molar-refractivity contribution in [2.75, 3.05) is 16.0 Å². The third-order valence-electron chi connectivity index (χ3n) is 4.56. The first kappa shape index (κ1) is 20.3. The van der Waals surface area contributed by atoms with E-state index in [0.717, 1.165) is 29.8 Å². The summed E-state index contributed by atoms with van der Waals surface area (Å²) < 4.78 is 43.7. The van der Waals surface area contributed by atoms with E-state index in [0.29, 0.717) is 22.9 Å². The Morgan fingerprint density at radius 1 is 0.903 bits per heavy atom. The van der Waals surface area contributed by atoms with Crippen LogP contribution in [0.4, 0.5) is 35.0 Å². The van der Waals surface area contributed by atoms with Crippen molar-refractivity contribution in [1.29, 1.82) is 0 Å². The zero-order valence-corrected chi connectivity index (χ0v) is 16.1. The normalized spacial score (nSPS) is 12.6. The molecule has 3 N–H and O–H groups in total. The lowest BCUT2D eigenvalue weighted by Gasteiger charge is -2.11. The van der Waals surface area contributed by atoms with E-state index in [1.165, 1.54) is 6.07 Å². The molecule has 6 nitrogen and oxygen atoms in total. The van der Waals surface area contributed by atoms with Crippen molar-refractivity contribution in [2.24, 2.45) is 0 Å². The SMILES string of the molecule is Cc1ccc2c(c1)NC(=O)c1cc(NC(=O)Nc3ccc(C(F)(F)F)cc3)ccc1O2. The largest absolute Gasteiger partial charge is 0.454 e. The first-order valence-corrected chi connectivity index (χ1v) is 9.18. The average molecular weight is 427 g/mol. The number of aryl methyl sites for hydroxylation is 1. The molecule has 1 aliphatic rings. The van der Waals surface area contributed by atoms with Gasteiger partial charge in [-0.2, -0.15) is 13.2 Å². The van der Waals surface area contributed by atoms with Gasteiger partial charge in [0, 0.05) is 11.4 Å². The summed E-state index contributed by atoms with van der Waals surface area (Å²) in [4.78, 5) is 24.8. The van der Waals surface area contributed by atoms with Crippen molar-refractivity contribution in [3.63, 3.8) is 0 Å². The molecule has 1 aliphatic heterocycles. The maximum atomic E-state index is 12.6. The number of nitrogens with one attached hydrogen (secondary N) is 3. The lowest BCUT2D eigenvalue weighted by molar-refractivity contribution is -0.137. The Hall–Kier alpha value is -4.01. The van der Waals surface area contributed by atoms with E-state index in [9.17, 15) is 22.8 Å². The average Bonchev–Trinajstić information content (AvgIpc) is 2.83. The number of anilines is 3. The van der Waals surface area contributed by atoms with Gasteiger partial charge in [0.25, 0.3) is 5.91 Å². The van der Waals surface area contributed by atoms with Crippen LogP contribution in [-0.2, 0) is 6.18 Å². The quantitative estimate of drug-likeness (QED) is 0.468. The van der Waals surface area contributed by atoms with Crippen LogP contribution in [0.2, 0.25) is 0 Å². The first-order valence-electron chi connectivity index (χ1n) is 9.18. The second-order valence-electron chi connectivity index (χ2n) is 6.92. The molecule has 3 aromatic carbocycles. The van der Waals surface area contributed by atoms with Gasteiger partial charge in [-0.25, -0.2) is 4.79 Å². The summed E-state index contributed by atoms with van der Waals surface area (Å²) in [6.45, 7) is 1.89. The molecule has 0 fully saturated rings. The minimum Gasteiger partial charge on any atom is -0.454 e. The summed E-state index contributed by atoms with van der Waals surface area (Å²) in [5.74, 6) is 0.429. The lowest BCUT2D eigenvalue weighted by atomic mass is 10.1. The van der Waals surface area contributed by atoms with Crippen LogP contribution in [0.5, 0.6) is 11.5 Å². The Morgan fingerprint density at radius 3 is 2.26 bits per heavy atom. The van der Waals surface area contributed by atoms with Gasteiger partial charge in [0.2, 0.25) is 0 Å². The Balaban J connectivity index is 1.48. The van der Waals surface area contributed by atoms with Crippen molar-refractivity contribution in [3.05, 3.63) is 77.4 Å². The Kier molecular flexibility index (Phi) is 5.02. The fraction of sp³-hybridized carbons (Fsp3) is 0.0909. The molecular formula is C22H16F3N3O3. The molecule has 31 heavy (non-hydrogen) atoms. The molecule has 1 heterocycles. The molecule has 0 saturated carbocycles. The fourth-order valence-corrected chi connectivity index (χ4v) is 3.05. The Bertz CT molecular complexity index is 1170. The van der Waals surface area contributed by atoms with Gasteiger partial charge in [0.05, 0.1) is 16.8 Å². The number of carbonyl (C=O) groups is 2. The fourth-order valence-electron chi connectivity index (χ4n) is 3.05. The standard InChI is InChI=1S/C22H16F3N3O3/c1-12-2-8-19-17(10-12)28-20(29)16-11-15(7-9-18(16)31-19)27-21(30)26-14-5-3-13(4-6-14)22(23,24)25/h2-11H,1H3,(H,28,29)(H2,26,27,30). The van der Waals surface area contributed by atoms with E-state index in [2.05, 4.69) is 16.0 Å². The summed E-state index contributed by atoms with van der Waals surface area (Å²) in [6.07, 6.45) is -4.45. The second-order valence-corrected chi connectivity index (χ2v) is 6.92. The highest BCUT2D eigenvalue weighted by Crippen LogP contribution is 2.37. The van der Waals surface area contributed by atoms with Gasteiger partial charge in [-0.1, -0.05) is 6.07 Å². The molecule has 3 amide bonds. The van der Waals surface area contributed by atoms with E-state index >= 15 is 0 Å². The predicted octanol–water partition coefficient (Wildman–Crippen LogP) is 6.02. The van der Waals surface area contributed by atoms with Gasteiger partial charge in [-0.05, 0) is 67.1 Å². The van der Waals surface area contributed by atoms with Crippen molar-refractivity contribution < 1.29 is 27.5 Å². The van der Waals surface area contributed by atoms with Gasteiger partial charge in [0.15, 0.2) is 5.75 Å². The molecule has 0 bridgehead atoms. The number of rotatable bonds is 2. The summed E-state index contributed by atoms with van der Waals surface area (Å²) >= 11 is 0. The minimum atomic E-state index is -4.45. The summed E-state index contributed by atoms with van der Waals surface area (Å²) in [7, 11) is 0. The topological polar surface area (TPSA) is 79.5 Å². The highest BCUT2D eigenvalue weighted by atomic mass is 19.4. The van der Waals surface area contributed by atoms with Crippen LogP contribution in [0.15, 0.2) is 60.7 Å². The maximum absolute atomic E-state index is 12.6. The maximum Gasteiger partial charge on any atom is 0.416 e. The number of halogens is 3. The lowest BCUT2D eigenvalue weighted by Crippen LogP contribution is -2.20. The van der Waals surface area contributed by atoms with Crippen molar-refractivity contribution >= 4 is 29.0 Å². The van der Waals surface area contributed by atoms with Crippen molar-refractivity contribution in [3.8, 4) is 11.5 Å². The molecule has 0 aliphatic carbocycles. The van der Waals surface area contributed by atoms with Gasteiger partial charge in [0.1, 0.15) is 5.75 Å². The third kappa shape index (κ3) is 4.45. The number of amides is 3. The molecular weight excluding hydrogens is 411 g/mol. The van der Waals surface area contributed by atoms with Crippen molar-refractivity contribution in [1.82, 2.24) is 0 Å². The molecule has 9 heteroatoms. The number of alkyl halides is 3. The number of carbonyl (C=O) groups excluding carboxylic acids is 2. The van der Waals surface area contributed by atoms with E-state index in [1.807, 2.05) is 13.0 Å². The summed E-state index contributed by atoms with van der Waals surface area (Å²) in [5, 5.41) is 7.77. The van der Waals surface area contributed by atoms with Gasteiger partial charge < -0.3 is 20.7 Å². The molecule has 0 radical (unpaired) electrons. The minimum absolute atomic E-state index is 0.187. The highest BCUT2D eigenvalue weighted by Gasteiger charge is 2.30. The van der Waals surface area contributed by atoms with Crippen LogP contribution in [0.1, 0.15) is 21.5 Å². The first-order chi connectivity index (χ1) is 14.7. The number of hydrogen-bond donors (Lipinski definition) is 3. The molecule has 4 rings (SSSR count). The van der Waals surface area contributed by atoms with Crippen LogP contribution in [0, 0.1) is 6.92 Å². The van der Waals surface area contributed by atoms with Gasteiger partial charge >= 0.3 is 12.2 Å². The van der Waals surface area contributed by atoms with E-state index in [1.54, 1.807) is 24.3 Å².